The van der Waals surface area contributed by atoms with E-state index in [4.69, 9.17) is 4.74 Å². The summed E-state index contributed by atoms with van der Waals surface area (Å²) in [5.41, 5.74) is 0.496. The van der Waals surface area contributed by atoms with E-state index in [2.05, 4.69) is 5.32 Å². The fraction of sp³-hybridized carbons (Fsp3) is 0.278. The van der Waals surface area contributed by atoms with Crippen molar-refractivity contribution in [2.75, 3.05) is 5.32 Å². The second kappa shape index (κ2) is 7.93. The third-order valence-electron chi connectivity index (χ3n) is 2.98. The van der Waals surface area contributed by atoms with Crippen LogP contribution in [0.4, 0.5) is 10.5 Å². The molecule has 0 aliphatic carbocycles. The van der Waals surface area contributed by atoms with Crippen LogP contribution in [0.25, 0.3) is 0 Å². The molecule has 0 aromatic heterocycles. The zero-order valence-corrected chi connectivity index (χ0v) is 16.0. The molecule has 1 aromatic carbocycles. The Morgan fingerprint density at radius 3 is 2.04 bits per heavy atom. The second-order valence-corrected chi connectivity index (χ2v) is 8.35. The number of ketones is 2. The highest BCUT2D eigenvalue weighted by Crippen LogP contribution is 2.40. The number of allylic oxidation sites excluding steroid dienone is 1. The number of ether oxygens (including phenoxy) is 1. The van der Waals surface area contributed by atoms with Crippen molar-refractivity contribution in [2.24, 2.45) is 0 Å². The summed E-state index contributed by atoms with van der Waals surface area (Å²) in [4.78, 5) is 36.3. The fourth-order valence-electron chi connectivity index (χ4n) is 1.99. The van der Waals surface area contributed by atoms with Crippen molar-refractivity contribution in [3.8, 4) is 0 Å². The van der Waals surface area contributed by atoms with Gasteiger partial charge in [0.1, 0.15) is 5.60 Å². The minimum atomic E-state index is -0.590. The first kappa shape index (κ1) is 19.3. The largest absolute Gasteiger partial charge is 0.444 e. The molecular formula is C18H19NO4S2. The van der Waals surface area contributed by atoms with Gasteiger partial charge in [-0.15, -0.1) is 0 Å². The molecule has 0 radical (unpaired) electrons. The Balaban J connectivity index is 2.14. The van der Waals surface area contributed by atoms with Gasteiger partial charge in [0.2, 0.25) is 0 Å². The molecule has 0 saturated carbocycles. The van der Waals surface area contributed by atoms with Gasteiger partial charge in [-0.3, -0.25) is 14.9 Å². The Hall–Kier alpha value is -1.99. The SMILES string of the molecule is CC(=O)C(C(=O)c1ccc(NC(=O)OC(C)(C)C)cc1)=C1SC=CS1. The topological polar surface area (TPSA) is 72.5 Å². The molecule has 2 rings (SSSR count). The molecule has 1 aromatic rings. The van der Waals surface area contributed by atoms with Crippen LogP contribution < -0.4 is 5.32 Å². The normalized spacial score (nSPS) is 13.5. The first-order valence-corrected chi connectivity index (χ1v) is 9.31. The standard InChI is InChI=1S/C18H19NO4S2/c1-11(20)14(16-24-9-10-25-16)15(21)12-5-7-13(8-6-12)19-17(22)23-18(2,3)4/h5-10H,1-4H3,(H,19,22). The van der Waals surface area contributed by atoms with E-state index in [0.29, 0.717) is 15.5 Å². The van der Waals surface area contributed by atoms with Crippen molar-refractivity contribution < 1.29 is 19.1 Å². The van der Waals surface area contributed by atoms with Crippen molar-refractivity contribution in [1.29, 1.82) is 0 Å². The molecule has 0 atom stereocenters. The maximum Gasteiger partial charge on any atom is 0.412 e. The van der Waals surface area contributed by atoms with Crippen molar-refractivity contribution >= 4 is 46.9 Å². The summed E-state index contributed by atoms with van der Waals surface area (Å²) in [6.07, 6.45) is -0.567. The first-order chi connectivity index (χ1) is 11.7. The molecule has 1 amide bonds. The highest BCUT2D eigenvalue weighted by molar-refractivity contribution is 8.27. The van der Waals surface area contributed by atoms with Crippen LogP contribution in [-0.2, 0) is 9.53 Å². The number of hydrogen-bond donors (Lipinski definition) is 1. The van der Waals surface area contributed by atoms with Crippen molar-refractivity contribution in [1.82, 2.24) is 0 Å². The van der Waals surface area contributed by atoms with Crippen LogP contribution in [0.15, 0.2) is 44.9 Å². The lowest BCUT2D eigenvalue weighted by Gasteiger charge is -2.19. The summed E-state index contributed by atoms with van der Waals surface area (Å²) in [6, 6.07) is 6.37. The van der Waals surface area contributed by atoms with E-state index in [1.165, 1.54) is 30.4 Å². The van der Waals surface area contributed by atoms with Gasteiger partial charge in [-0.1, -0.05) is 23.5 Å². The number of amides is 1. The van der Waals surface area contributed by atoms with Crippen LogP contribution in [0, 0.1) is 0 Å². The molecule has 0 unspecified atom stereocenters. The molecule has 0 fully saturated rings. The van der Waals surface area contributed by atoms with Gasteiger partial charge >= 0.3 is 6.09 Å². The number of carbonyl (C=O) groups excluding carboxylic acids is 3. The average molecular weight is 377 g/mol. The van der Waals surface area contributed by atoms with Crippen LogP contribution in [0.5, 0.6) is 0 Å². The number of hydrogen-bond acceptors (Lipinski definition) is 6. The van der Waals surface area contributed by atoms with Gasteiger partial charge in [0.05, 0.1) is 9.81 Å². The van der Waals surface area contributed by atoms with E-state index in [1.807, 2.05) is 10.8 Å². The summed E-state index contributed by atoms with van der Waals surface area (Å²) in [6.45, 7) is 6.72. The Morgan fingerprint density at radius 1 is 1.00 bits per heavy atom. The van der Waals surface area contributed by atoms with Crippen molar-refractivity contribution in [3.05, 3.63) is 50.5 Å². The minimum Gasteiger partial charge on any atom is -0.444 e. The Bertz CT molecular complexity index is 748. The lowest BCUT2D eigenvalue weighted by atomic mass is 10.0. The Morgan fingerprint density at radius 2 is 1.56 bits per heavy atom. The molecular weight excluding hydrogens is 358 g/mol. The number of rotatable bonds is 4. The monoisotopic (exact) mass is 377 g/mol. The van der Waals surface area contributed by atoms with Crippen molar-refractivity contribution in [3.63, 3.8) is 0 Å². The number of nitrogens with one attached hydrogen (secondary N) is 1. The van der Waals surface area contributed by atoms with E-state index in [9.17, 15) is 14.4 Å². The summed E-state index contributed by atoms with van der Waals surface area (Å²) >= 11 is 2.73. The van der Waals surface area contributed by atoms with E-state index in [-0.39, 0.29) is 17.1 Å². The molecule has 0 spiro atoms. The van der Waals surface area contributed by atoms with Crippen LogP contribution in [0.1, 0.15) is 38.1 Å². The molecule has 1 N–H and O–H groups in total. The van der Waals surface area contributed by atoms with E-state index in [1.54, 1.807) is 45.0 Å². The predicted molar refractivity (Wildman–Crippen MR) is 103 cm³/mol. The van der Waals surface area contributed by atoms with Gasteiger partial charge in [0.15, 0.2) is 11.6 Å². The van der Waals surface area contributed by atoms with Gasteiger partial charge in [0.25, 0.3) is 0 Å². The van der Waals surface area contributed by atoms with Crippen LogP contribution >= 0.6 is 23.5 Å². The third kappa shape index (κ3) is 5.51. The van der Waals surface area contributed by atoms with Gasteiger partial charge in [-0.05, 0) is 62.8 Å². The molecule has 132 valence electrons. The molecule has 7 heteroatoms. The molecule has 5 nitrogen and oxygen atoms in total. The Labute approximate surface area is 155 Å². The zero-order valence-electron chi connectivity index (χ0n) is 14.4. The van der Waals surface area contributed by atoms with Crippen LogP contribution in [0.3, 0.4) is 0 Å². The minimum absolute atomic E-state index is 0.188. The summed E-state index contributed by atoms with van der Waals surface area (Å²) in [5, 5.41) is 6.28. The number of thioether (sulfide) groups is 2. The highest BCUT2D eigenvalue weighted by Gasteiger charge is 2.23. The highest BCUT2D eigenvalue weighted by atomic mass is 32.2. The maximum atomic E-state index is 12.6. The molecule has 1 aliphatic heterocycles. The number of carbonyl (C=O) groups is 3. The van der Waals surface area contributed by atoms with Crippen LogP contribution in [0.2, 0.25) is 0 Å². The quantitative estimate of drug-likeness (QED) is 0.346. The van der Waals surface area contributed by atoms with E-state index in [0.717, 1.165) is 0 Å². The average Bonchev–Trinajstić information content (AvgIpc) is 2.99. The summed E-state index contributed by atoms with van der Waals surface area (Å²) in [7, 11) is 0. The predicted octanol–water partition coefficient (Wildman–Crippen LogP) is 4.97. The lowest BCUT2D eigenvalue weighted by Crippen LogP contribution is -2.27. The lowest BCUT2D eigenvalue weighted by molar-refractivity contribution is -0.113. The maximum absolute atomic E-state index is 12.6. The number of anilines is 1. The van der Waals surface area contributed by atoms with Crippen molar-refractivity contribution in [2.45, 2.75) is 33.3 Å². The molecule has 1 aliphatic rings. The molecule has 0 bridgehead atoms. The first-order valence-electron chi connectivity index (χ1n) is 7.55. The van der Waals surface area contributed by atoms with E-state index < -0.39 is 11.7 Å². The van der Waals surface area contributed by atoms with Gasteiger partial charge in [-0.2, -0.15) is 0 Å². The zero-order chi connectivity index (χ0) is 18.6. The Kier molecular flexibility index (Phi) is 6.13. The van der Waals surface area contributed by atoms with Gasteiger partial charge in [0, 0.05) is 11.3 Å². The smallest absolute Gasteiger partial charge is 0.412 e. The van der Waals surface area contributed by atoms with Gasteiger partial charge < -0.3 is 4.74 Å². The van der Waals surface area contributed by atoms with Crippen LogP contribution in [-0.4, -0.2) is 23.3 Å². The molecule has 25 heavy (non-hydrogen) atoms. The third-order valence-corrected chi connectivity index (χ3v) is 5.11. The summed E-state index contributed by atoms with van der Waals surface area (Å²) in [5.74, 6) is -0.588. The molecule has 1 heterocycles. The second-order valence-electron chi connectivity index (χ2n) is 6.26. The number of benzene rings is 1. The molecule has 0 saturated heterocycles. The van der Waals surface area contributed by atoms with Gasteiger partial charge in [-0.25, -0.2) is 4.79 Å². The summed E-state index contributed by atoms with van der Waals surface area (Å²) < 4.78 is 5.86. The fourth-order valence-corrected chi connectivity index (χ4v) is 3.95. The number of Topliss-reactive ketones (excluding diaryl/α,β-unsaturated/α-hetero) is 2. The van der Waals surface area contributed by atoms with E-state index >= 15 is 0 Å².